The summed E-state index contributed by atoms with van der Waals surface area (Å²) in [5, 5.41) is 10.8. The Labute approximate surface area is 129 Å². The highest BCUT2D eigenvalue weighted by Gasteiger charge is 2.08. The number of methoxy groups -OCH3 is 1. The van der Waals surface area contributed by atoms with E-state index in [4.69, 9.17) is 9.47 Å². The average molecular weight is 299 g/mol. The molecular weight excluding hydrogens is 282 g/mol. The second kappa shape index (κ2) is 7.26. The molecule has 0 N–H and O–H groups in total. The lowest BCUT2D eigenvalue weighted by atomic mass is 10.1. The van der Waals surface area contributed by atoms with E-state index in [1.807, 2.05) is 24.3 Å². The summed E-state index contributed by atoms with van der Waals surface area (Å²) >= 11 is 0. The van der Waals surface area contributed by atoms with Crippen LogP contribution in [0.5, 0.6) is 11.5 Å². The van der Waals surface area contributed by atoms with Gasteiger partial charge in [0.15, 0.2) is 11.5 Å². The van der Waals surface area contributed by atoms with E-state index in [2.05, 4.69) is 6.58 Å². The molecule has 2 aromatic carbocycles. The first kappa shape index (κ1) is 15.6. The minimum absolute atomic E-state index is 0.0504. The summed E-state index contributed by atoms with van der Waals surface area (Å²) in [7, 11) is 1.58. The fraction of sp³-hybridized carbons (Fsp3) is 0.176. The van der Waals surface area contributed by atoms with Gasteiger partial charge >= 0.3 is 0 Å². The molecule has 0 atom stereocenters. The Bertz CT molecular complexity index is 682. The molecular formula is C17H17NO4. The first-order valence-corrected chi connectivity index (χ1v) is 6.78. The number of allylic oxidation sites excluding steroid dienone is 1. The Morgan fingerprint density at radius 2 is 2.00 bits per heavy atom. The van der Waals surface area contributed by atoms with E-state index < -0.39 is 4.92 Å². The zero-order valence-electron chi connectivity index (χ0n) is 12.3. The predicted molar refractivity (Wildman–Crippen MR) is 84.3 cm³/mol. The van der Waals surface area contributed by atoms with Crippen LogP contribution in [-0.2, 0) is 13.0 Å². The van der Waals surface area contributed by atoms with Gasteiger partial charge in [0.05, 0.1) is 12.0 Å². The summed E-state index contributed by atoms with van der Waals surface area (Å²) in [5.41, 5.74) is 1.86. The third-order valence-corrected chi connectivity index (χ3v) is 3.12. The van der Waals surface area contributed by atoms with Crippen LogP contribution in [-0.4, -0.2) is 12.0 Å². The van der Waals surface area contributed by atoms with Crippen LogP contribution in [0, 0.1) is 10.1 Å². The van der Waals surface area contributed by atoms with Crippen molar-refractivity contribution < 1.29 is 14.4 Å². The van der Waals surface area contributed by atoms with Crippen molar-refractivity contribution in [1.29, 1.82) is 0 Å². The molecule has 0 spiro atoms. The zero-order chi connectivity index (χ0) is 15.9. The summed E-state index contributed by atoms with van der Waals surface area (Å²) in [6.45, 7) is 3.94. The van der Waals surface area contributed by atoms with Crippen molar-refractivity contribution in [2.75, 3.05) is 7.11 Å². The molecule has 2 aromatic rings. The fourth-order valence-corrected chi connectivity index (χ4v) is 2.05. The third-order valence-electron chi connectivity index (χ3n) is 3.12. The normalized spacial score (nSPS) is 10.0. The van der Waals surface area contributed by atoms with Crippen LogP contribution in [0.25, 0.3) is 0 Å². The molecule has 0 amide bonds. The average Bonchev–Trinajstić information content (AvgIpc) is 2.54. The molecule has 0 fully saturated rings. The van der Waals surface area contributed by atoms with Crippen molar-refractivity contribution in [2.24, 2.45) is 0 Å². The lowest BCUT2D eigenvalue weighted by molar-refractivity contribution is -0.384. The van der Waals surface area contributed by atoms with Gasteiger partial charge in [0.2, 0.25) is 0 Å². The number of rotatable bonds is 7. The summed E-state index contributed by atoms with van der Waals surface area (Å²) in [6, 6.07) is 12.0. The van der Waals surface area contributed by atoms with Gasteiger partial charge in [0, 0.05) is 12.1 Å². The molecule has 0 aliphatic heterocycles. The van der Waals surface area contributed by atoms with E-state index in [9.17, 15) is 10.1 Å². The Hall–Kier alpha value is -2.82. The minimum Gasteiger partial charge on any atom is -0.493 e. The molecule has 0 unspecified atom stereocenters. The number of nitrogens with zero attached hydrogens (tertiary/aromatic N) is 1. The molecule has 0 radical (unpaired) electrons. The van der Waals surface area contributed by atoms with Crippen molar-refractivity contribution in [3.8, 4) is 11.5 Å². The van der Waals surface area contributed by atoms with Crippen LogP contribution in [0.1, 0.15) is 11.1 Å². The van der Waals surface area contributed by atoms with Crippen molar-refractivity contribution in [1.82, 2.24) is 0 Å². The largest absolute Gasteiger partial charge is 0.493 e. The third kappa shape index (κ3) is 3.85. The maximum atomic E-state index is 10.8. The Balaban J connectivity index is 2.12. The van der Waals surface area contributed by atoms with Gasteiger partial charge in [0.25, 0.3) is 5.69 Å². The van der Waals surface area contributed by atoms with Gasteiger partial charge < -0.3 is 9.47 Å². The van der Waals surface area contributed by atoms with Gasteiger partial charge in [-0.2, -0.15) is 0 Å². The molecule has 0 saturated carbocycles. The van der Waals surface area contributed by atoms with E-state index in [1.54, 1.807) is 19.2 Å². The zero-order valence-corrected chi connectivity index (χ0v) is 12.3. The smallest absolute Gasteiger partial charge is 0.269 e. The van der Waals surface area contributed by atoms with Crippen LogP contribution >= 0.6 is 0 Å². The monoisotopic (exact) mass is 299 g/mol. The Morgan fingerprint density at radius 1 is 1.18 bits per heavy atom. The van der Waals surface area contributed by atoms with Crippen LogP contribution < -0.4 is 9.47 Å². The van der Waals surface area contributed by atoms with Gasteiger partial charge in [-0.05, 0) is 29.7 Å². The molecule has 0 aliphatic carbocycles. The topological polar surface area (TPSA) is 61.6 Å². The number of nitro benzene ring substituents is 1. The molecule has 0 aliphatic rings. The summed E-state index contributed by atoms with van der Waals surface area (Å²) in [5.74, 6) is 1.23. The highest BCUT2D eigenvalue weighted by atomic mass is 16.6. The van der Waals surface area contributed by atoms with Crippen LogP contribution in [0.2, 0.25) is 0 Å². The quantitative estimate of drug-likeness (QED) is 0.442. The van der Waals surface area contributed by atoms with Gasteiger partial charge in [0.1, 0.15) is 6.61 Å². The van der Waals surface area contributed by atoms with Crippen LogP contribution in [0.3, 0.4) is 0 Å². The van der Waals surface area contributed by atoms with Crippen LogP contribution in [0.15, 0.2) is 55.1 Å². The summed E-state index contributed by atoms with van der Waals surface area (Å²) in [6.07, 6.45) is 2.57. The van der Waals surface area contributed by atoms with E-state index in [1.165, 1.54) is 12.1 Å². The molecule has 5 heteroatoms. The molecule has 0 saturated heterocycles. The minimum atomic E-state index is -0.422. The van der Waals surface area contributed by atoms with Crippen molar-refractivity contribution in [3.05, 3.63) is 76.4 Å². The van der Waals surface area contributed by atoms with E-state index in [0.717, 1.165) is 17.5 Å². The number of hydrogen-bond acceptors (Lipinski definition) is 4. The fourth-order valence-electron chi connectivity index (χ4n) is 2.05. The van der Waals surface area contributed by atoms with Crippen molar-refractivity contribution >= 4 is 5.69 Å². The van der Waals surface area contributed by atoms with Crippen molar-refractivity contribution in [2.45, 2.75) is 13.0 Å². The SMILES string of the molecule is C=CCc1ccc(OCc2cccc([N+](=O)[O-])c2)c(OC)c1. The first-order chi connectivity index (χ1) is 10.6. The van der Waals surface area contributed by atoms with Gasteiger partial charge in [-0.3, -0.25) is 10.1 Å². The van der Waals surface area contributed by atoms with Crippen LogP contribution in [0.4, 0.5) is 5.69 Å². The van der Waals surface area contributed by atoms with E-state index in [0.29, 0.717) is 11.5 Å². The molecule has 0 bridgehead atoms. The lowest BCUT2D eigenvalue weighted by Crippen LogP contribution is -1.99. The highest BCUT2D eigenvalue weighted by molar-refractivity contribution is 5.43. The molecule has 5 nitrogen and oxygen atoms in total. The molecule has 114 valence electrons. The Morgan fingerprint density at radius 3 is 2.68 bits per heavy atom. The van der Waals surface area contributed by atoms with E-state index >= 15 is 0 Å². The maximum Gasteiger partial charge on any atom is 0.269 e. The summed E-state index contributed by atoms with van der Waals surface area (Å²) in [4.78, 5) is 10.3. The maximum absolute atomic E-state index is 10.8. The second-order valence-corrected chi connectivity index (χ2v) is 4.69. The highest BCUT2D eigenvalue weighted by Crippen LogP contribution is 2.29. The molecule has 22 heavy (non-hydrogen) atoms. The number of benzene rings is 2. The number of ether oxygens (including phenoxy) is 2. The van der Waals surface area contributed by atoms with Gasteiger partial charge in [-0.25, -0.2) is 0 Å². The molecule has 2 rings (SSSR count). The molecule has 0 aromatic heterocycles. The summed E-state index contributed by atoms with van der Waals surface area (Å²) < 4.78 is 11.0. The van der Waals surface area contributed by atoms with Gasteiger partial charge in [-0.15, -0.1) is 6.58 Å². The first-order valence-electron chi connectivity index (χ1n) is 6.78. The second-order valence-electron chi connectivity index (χ2n) is 4.69. The predicted octanol–water partition coefficient (Wildman–Crippen LogP) is 3.91. The number of nitro groups is 1. The number of hydrogen-bond donors (Lipinski definition) is 0. The van der Waals surface area contributed by atoms with E-state index in [-0.39, 0.29) is 12.3 Å². The van der Waals surface area contributed by atoms with Crippen molar-refractivity contribution in [3.63, 3.8) is 0 Å². The standard InChI is InChI=1S/C17H17NO4/c1-3-5-13-8-9-16(17(11-13)21-2)22-12-14-6-4-7-15(10-14)18(19)20/h3-4,6-11H,1,5,12H2,2H3. The molecule has 0 heterocycles. The Kier molecular flexibility index (Phi) is 5.14. The number of non-ortho nitro benzene ring substituents is 1. The lowest BCUT2D eigenvalue weighted by Gasteiger charge is -2.12. The van der Waals surface area contributed by atoms with Gasteiger partial charge in [-0.1, -0.05) is 24.3 Å².